The van der Waals surface area contributed by atoms with Crippen LogP contribution in [0.5, 0.6) is 5.75 Å². The van der Waals surface area contributed by atoms with Gasteiger partial charge in [-0.3, -0.25) is 0 Å². The van der Waals surface area contributed by atoms with Crippen LogP contribution in [0.15, 0.2) is 22.0 Å². The molecule has 4 heteroatoms. The highest BCUT2D eigenvalue weighted by Crippen LogP contribution is 2.39. The van der Waals surface area contributed by atoms with Crippen molar-refractivity contribution in [2.45, 2.75) is 33.7 Å². The SMILES string of the molecule is CCNC(c1cc(C)c(Br)s1)c1ccc(C)c(C)c1OC. The summed E-state index contributed by atoms with van der Waals surface area (Å²) in [7, 11) is 1.75. The Balaban J connectivity index is 2.55. The molecule has 0 saturated carbocycles. The van der Waals surface area contributed by atoms with Crippen molar-refractivity contribution in [2.75, 3.05) is 13.7 Å². The molecule has 0 radical (unpaired) electrons. The Morgan fingerprint density at radius 2 is 1.95 bits per heavy atom. The van der Waals surface area contributed by atoms with Crippen LogP contribution >= 0.6 is 27.3 Å². The summed E-state index contributed by atoms with van der Waals surface area (Å²) in [4.78, 5) is 1.31. The van der Waals surface area contributed by atoms with Crippen LogP contribution in [0.2, 0.25) is 0 Å². The van der Waals surface area contributed by atoms with Crippen molar-refractivity contribution in [1.82, 2.24) is 5.32 Å². The lowest BCUT2D eigenvalue weighted by molar-refractivity contribution is 0.401. The highest BCUT2D eigenvalue weighted by Gasteiger charge is 2.21. The molecule has 2 nitrogen and oxygen atoms in total. The molecule has 114 valence electrons. The molecule has 0 aliphatic rings. The van der Waals surface area contributed by atoms with Crippen LogP contribution in [-0.2, 0) is 0 Å². The molecule has 1 unspecified atom stereocenters. The average molecular weight is 368 g/mol. The fourth-order valence-corrected chi connectivity index (χ4v) is 4.17. The third kappa shape index (κ3) is 3.33. The summed E-state index contributed by atoms with van der Waals surface area (Å²) in [5.74, 6) is 0.989. The number of ether oxygens (including phenoxy) is 1. The average Bonchev–Trinajstić information content (AvgIpc) is 2.79. The summed E-state index contributed by atoms with van der Waals surface area (Å²) < 4.78 is 6.89. The summed E-state index contributed by atoms with van der Waals surface area (Å²) in [6.45, 7) is 9.42. The number of aryl methyl sites for hydroxylation is 2. The molecule has 0 bridgehead atoms. The topological polar surface area (TPSA) is 21.3 Å². The number of hydrogen-bond acceptors (Lipinski definition) is 3. The summed E-state index contributed by atoms with van der Waals surface area (Å²) >= 11 is 5.41. The van der Waals surface area contributed by atoms with Crippen molar-refractivity contribution < 1.29 is 4.74 Å². The first-order valence-corrected chi connectivity index (χ1v) is 8.73. The molecule has 0 aliphatic heterocycles. The quantitative estimate of drug-likeness (QED) is 0.789. The van der Waals surface area contributed by atoms with Gasteiger partial charge < -0.3 is 10.1 Å². The van der Waals surface area contributed by atoms with Gasteiger partial charge in [0, 0.05) is 10.4 Å². The Morgan fingerprint density at radius 1 is 1.24 bits per heavy atom. The Morgan fingerprint density at radius 3 is 2.48 bits per heavy atom. The van der Waals surface area contributed by atoms with E-state index in [4.69, 9.17) is 4.74 Å². The molecule has 0 saturated heterocycles. The smallest absolute Gasteiger partial charge is 0.127 e. The van der Waals surface area contributed by atoms with E-state index in [0.29, 0.717) is 0 Å². The maximum Gasteiger partial charge on any atom is 0.127 e. The van der Waals surface area contributed by atoms with Gasteiger partial charge in [-0.2, -0.15) is 0 Å². The fraction of sp³-hybridized carbons (Fsp3) is 0.412. The van der Waals surface area contributed by atoms with E-state index in [0.717, 1.165) is 12.3 Å². The number of hydrogen-bond donors (Lipinski definition) is 1. The zero-order valence-electron chi connectivity index (χ0n) is 13.2. The van der Waals surface area contributed by atoms with Crippen LogP contribution in [0, 0.1) is 20.8 Å². The third-order valence-electron chi connectivity index (χ3n) is 3.79. The van der Waals surface area contributed by atoms with Crippen molar-refractivity contribution in [3.05, 3.63) is 49.1 Å². The highest BCUT2D eigenvalue weighted by atomic mass is 79.9. The van der Waals surface area contributed by atoms with Crippen molar-refractivity contribution in [3.8, 4) is 5.75 Å². The van der Waals surface area contributed by atoms with Gasteiger partial charge in [0.05, 0.1) is 16.9 Å². The van der Waals surface area contributed by atoms with Crippen molar-refractivity contribution in [2.24, 2.45) is 0 Å². The third-order valence-corrected chi connectivity index (χ3v) is 5.99. The van der Waals surface area contributed by atoms with Gasteiger partial charge in [-0.25, -0.2) is 0 Å². The van der Waals surface area contributed by atoms with Crippen molar-refractivity contribution >= 4 is 27.3 Å². The normalized spacial score (nSPS) is 12.5. The lowest BCUT2D eigenvalue weighted by Crippen LogP contribution is -2.22. The van der Waals surface area contributed by atoms with E-state index in [1.807, 2.05) is 0 Å². The molecule has 1 heterocycles. The van der Waals surface area contributed by atoms with E-state index in [9.17, 15) is 0 Å². The number of halogens is 1. The number of thiophene rings is 1. The van der Waals surface area contributed by atoms with Gasteiger partial charge in [0.25, 0.3) is 0 Å². The minimum absolute atomic E-state index is 0.166. The Hall–Kier alpha value is -0.840. The maximum absolute atomic E-state index is 5.70. The van der Waals surface area contributed by atoms with Gasteiger partial charge in [-0.1, -0.05) is 19.1 Å². The monoisotopic (exact) mass is 367 g/mol. The van der Waals surface area contributed by atoms with Crippen molar-refractivity contribution in [3.63, 3.8) is 0 Å². The van der Waals surface area contributed by atoms with E-state index >= 15 is 0 Å². The van der Waals surface area contributed by atoms with E-state index in [2.05, 4.69) is 67.1 Å². The number of nitrogens with one attached hydrogen (secondary N) is 1. The van der Waals surface area contributed by atoms with Gasteiger partial charge in [0.2, 0.25) is 0 Å². The first-order valence-electron chi connectivity index (χ1n) is 7.12. The molecule has 1 N–H and O–H groups in total. The van der Waals surface area contributed by atoms with Gasteiger partial charge >= 0.3 is 0 Å². The molecule has 2 aromatic rings. The molecule has 0 aliphatic carbocycles. The summed E-state index contributed by atoms with van der Waals surface area (Å²) in [5.41, 5.74) is 4.96. The maximum atomic E-state index is 5.70. The number of rotatable bonds is 5. The molecule has 2 rings (SSSR count). The first-order chi connectivity index (χ1) is 9.99. The minimum Gasteiger partial charge on any atom is -0.496 e. The lowest BCUT2D eigenvalue weighted by Gasteiger charge is -2.22. The fourth-order valence-electron chi connectivity index (χ4n) is 2.50. The van der Waals surface area contributed by atoms with Gasteiger partial charge in [-0.15, -0.1) is 11.3 Å². The van der Waals surface area contributed by atoms with Gasteiger partial charge in [-0.05, 0) is 66.0 Å². The standard InChI is InChI=1S/C17H22BrNOS/c1-6-19-15(14-9-11(3)17(18)21-14)13-8-7-10(2)12(4)16(13)20-5/h7-9,15,19H,6H2,1-5H3. The minimum atomic E-state index is 0.166. The van der Waals surface area contributed by atoms with Crippen LogP contribution in [-0.4, -0.2) is 13.7 Å². The number of benzene rings is 1. The van der Waals surface area contributed by atoms with Crippen LogP contribution in [0.3, 0.4) is 0 Å². The summed E-state index contributed by atoms with van der Waals surface area (Å²) in [5, 5.41) is 3.59. The zero-order chi connectivity index (χ0) is 15.6. The predicted octanol–water partition coefficient (Wildman–Crippen LogP) is 5.14. The lowest BCUT2D eigenvalue weighted by atomic mass is 9.98. The van der Waals surface area contributed by atoms with Crippen LogP contribution in [0.4, 0.5) is 0 Å². The largest absolute Gasteiger partial charge is 0.496 e. The Kier molecular flexibility index (Phi) is 5.47. The zero-order valence-corrected chi connectivity index (χ0v) is 15.6. The first kappa shape index (κ1) is 16.5. The van der Waals surface area contributed by atoms with Gasteiger partial charge in [0.15, 0.2) is 0 Å². The van der Waals surface area contributed by atoms with Gasteiger partial charge in [0.1, 0.15) is 5.75 Å². The summed E-state index contributed by atoms with van der Waals surface area (Å²) in [6, 6.07) is 6.76. The molecule has 21 heavy (non-hydrogen) atoms. The highest BCUT2D eigenvalue weighted by molar-refractivity contribution is 9.11. The second-order valence-electron chi connectivity index (χ2n) is 5.23. The molecule has 1 aromatic carbocycles. The molecule has 0 fully saturated rings. The van der Waals surface area contributed by atoms with E-state index in [1.165, 1.54) is 30.9 Å². The van der Waals surface area contributed by atoms with Crippen LogP contribution < -0.4 is 10.1 Å². The number of methoxy groups -OCH3 is 1. The molecule has 1 atom stereocenters. The summed E-state index contributed by atoms with van der Waals surface area (Å²) in [6.07, 6.45) is 0. The van der Waals surface area contributed by atoms with Crippen LogP contribution in [0.25, 0.3) is 0 Å². The van der Waals surface area contributed by atoms with E-state index in [-0.39, 0.29) is 6.04 Å². The molecule has 0 spiro atoms. The second kappa shape index (κ2) is 6.95. The Bertz CT molecular complexity index is 616. The predicted molar refractivity (Wildman–Crippen MR) is 94.7 cm³/mol. The van der Waals surface area contributed by atoms with Crippen molar-refractivity contribution in [1.29, 1.82) is 0 Å². The molecular weight excluding hydrogens is 346 g/mol. The Labute approximate surface area is 139 Å². The molecular formula is C17H22BrNOS. The molecule has 1 aromatic heterocycles. The second-order valence-corrected chi connectivity index (χ2v) is 7.63. The van der Waals surface area contributed by atoms with Crippen LogP contribution in [0.1, 0.15) is 40.1 Å². The van der Waals surface area contributed by atoms with E-state index in [1.54, 1.807) is 18.4 Å². The van der Waals surface area contributed by atoms with E-state index < -0.39 is 0 Å². The molecule has 0 amide bonds.